The standard InChI is InChI=1S/C8H14O3S/c1-3-4-5-6-7-8-11-12(2,9)10/h3-5,8H2,1-2H3. The van der Waals surface area contributed by atoms with Gasteiger partial charge in [0.05, 0.1) is 6.26 Å². The number of rotatable bonds is 4. The predicted molar refractivity (Wildman–Crippen MR) is 48.1 cm³/mol. The molecule has 0 saturated carbocycles. The van der Waals surface area contributed by atoms with E-state index in [1.165, 1.54) is 0 Å². The zero-order valence-electron chi connectivity index (χ0n) is 7.46. The van der Waals surface area contributed by atoms with Gasteiger partial charge in [-0.3, -0.25) is 4.18 Å². The first kappa shape index (κ1) is 11.5. The lowest BCUT2D eigenvalue weighted by Gasteiger charge is -1.91. The van der Waals surface area contributed by atoms with Gasteiger partial charge in [0.15, 0.2) is 0 Å². The monoisotopic (exact) mass is 190 g/mol. The van der Waals surface area contributed by atoms with Gasteiger partial charge in [-0.25, -0.2) is 0 Å². The van der Waals surface area contributed by atoms with E-state index in [1.807, 2.05) is 0 Å². The minimum Gasteiger partial charge on any atom is -0.257 e. The van der Waals surface area contributed by atoms with Crippen LogP contribution < -0.4 is 0 Å². The van der Waals surface area contributed by atoms with Gasteiger partial charge in [0.2, 0.25) is 0 Å². The van der Waals surface area contributed by atoms with E-state index < -0.39 is 10.1 Å². The molecule has 4 heteroatoms. The molecule has 0 aliphatic heterocycles. The minimum atomic E-state index is -3.32. The van der Waals surface area contributed by atoms with Crippen molar-refractivity contribution in [3.05, 3.63) is 0 Å². The van der Waals surface area contributed by atoms with Crippen LogP contribution in [0, 0.1) is 11.8 Å². The summed E-state index contributed by atoms with van der Waals surface area (Å²) in [6, 6.07) is 0. The molecule has 0 unspecified atom stereocenters. The number of hydrogen-bond acceptors (Lipinski definition) is 3. The molecule has 0 fully saturated rings. The second-order valence-corrected chi connectivity index (χ2v) is 4.07. The van der Waals surface area contributed by atoms with Crippen LogP contribution in [-0.4, -0.2) is 21.3 Å². The highest BCUT2D eigenvalue weighted by Gasteiger charge is 1.96. The molecule has 0 atom stereocenters. The third-order valence-electron chi connectivity index (χ3n) is 1.13. The van der Waals surface area contributed by atoms with Crippen molar-refractivity contribution < 1.29 is 12.6 Å². The predicted octanol–water partition coefficient (Wildman–Crippen LogP) is 1.16. The Hall–Kier alpha value is -0.530. The molecule has 0 aromatic carbocycles. The summed E-state index contributed by atoms with van der Waals surface area (Å²) in [5.41, 5.74) is 0. The zero-order valence-corrected chi connectivity index (χ0v) is 8.28. The molecule has 0 spiro atoms. The molecule has 0 bridgehead atoms. The van der Waals surface area contributed by atoms with Crippen LogP contribution in [0.1, 0.15) is 26.2 Å². The maximum absolute atomic E-state index is 10.4. The molecular formula is C8H14O3S. The summed E-state index contributed by atoms with van der Waals surface area (Å²) < 4.78 is 25.3. The van der Waals surface area contributed by atoms with E-state index >= 15 is 0 Å². The Morgan fingerprint density at radius 1 is 1.33 bits per heavy atom. The molecule has 0 N–H and O–H groups in total. The van der Waals surface area contributed by atoms with Crippen molar-refractivity contribution in [1.29, 1.82) is 0 Å². The second kappa shape index (κ2) is 6.04. The van der Waals surface area contributed by atoms with Crippen LogP contribution >= 0.6 is 0 Å². The fourth-order valence-electron chi connectivity index (χ4n) is 0.541. The first-order valence-electron chi connectivity index (χ1n) is 3.86. The van der Waals surface area contributed by atoms with E-state index in [2.05, 4.69) is 22.9 Å². The van der Waals surface area contributed by atoms with E-state index in [4.69, 9.17) is 0 Å². The van der Waals surface area contributed by atoms with Gasteiger partial charge < -0.3 is 0 Å². The van der Waals surface area contributed by atoms with Crippen LogP contribution in [0.15, 0.2) is 0 Å². The quantitative estimate of drug-likeness (QED) is 0.379. The molecule has 0 radical (unpaired) electrons. The topological polar surface area (TPSA) is 43.4 Å². The summed E-state index contributed by atoms with van der Waals surface area (Å²) in [6.07, 6.45) is 3.97. The summed E-state index contributed by atoms with van der Waals surface area (Å²) in [7, 11) is -3.32. The maximum Gasteiger partial charge on any atom is 0.265 e. The first-order chi connectivity index (χ1) is 5.56. The molecule has 0 amide bonds. The van der Waals surface area contributed by atoms with Crippen molar-refractivity contribution >= 4 is 10.1 Å². The van der Waals surface area contributed by atoms with Crippen LogP contribution in [-0.2, 0) is 14.3 Å². The highest BCUT2D eigenvalue weighted by Crippen LogP contribution is 1.90. The van der Waals surface area contributed by atoms with Crippen LogP contribution in [0.25, 0.3) is 0 Å². The molecule has 0 aliphatic rings. The average Bonchev–Trinajstić information content (AvgIpc) is 1.94. The zero-order chi connectivity index (χ0) is 9.45. The fourth-order valence-corrected chi connectivity index (χ4v) is 0.814. The Balaban J connectivity index is 3.47. The van der Waals surface area contributed by atoms with E-state index in [-0.39, 0.29) is 6.61 Å². The van der Waals surface area contributed by atoms with Crippen molar-refractivity contribution in [3.8, 4) is 11.8 Å². The molecule has 70 valence electrons. The largest absolute Gasteiger partial charge is 0.265 e. The lowest BCUT2D eigenvalue weighted by Crippen LogP contribution is -2.02. The maximum atomic E-state index is 10.4. The van der Waals surface area contributed by atoms with Crippen molar-refractivity contribution in [2.45, 2.75) is 26.2 Å². The summed E-state index contributed by atoms with van der Waals surface area (Å²) in [4.78, 5) is 0. The summed E-state index contributed by atoms with van der Waals surface area (Å²) in [5, 5.41) is 0. The van der Waals surface area contributed by atoms with Gasteiger partial charge in [0.25, 0.3) is 10.1 Å². The lowest BCUT2D eigenvalue weighted by atomic mass is 10.2. The number of hydrogen-bond donors (Lipinski definition) is 0. The van der Waals surface area contributed by atoms with Crippen molar-refractivity contribution in [2.75, 3.05) is 12.9 Å². The van der Waals surface area contributed by atoms with Crippen LogP contribution in [0.5, 0.6) is 0 Å². The molecule has 0 aromatic heterocycles. The van der Waals surface area contributed by atoms with Crippen LogP contribution in [0.2, 0.25) is 0 Å². The normalized spacial score (nSPS) is 10.5. The van der Waals surface area contributed by atoms with E-state index in [9.17, 15) is 8.42 Å². The summed E-state index contributed by atoms with van der Waals surface area (Å²) in [5.74, 6) is 5.44. The minimum absolute atomic E-state index is 0.0253. The van der Waals surface area contributed by atoms with Gasteiger partial charge in [-0.1, -0.05) is 19.3 Å². The van der Waals surface area contributed by atoms with Crippen molar-refractivity contribution in [1.82, 2.24) is 0 Å². The lowest BCUT2D eigenvalue weighted by molar-refractivity contribution is 0.367. The molecule has 12 heavy (non-hydrogen) atoms. The Bertz CT molecular complexity index is 256. The van der Waals surface area contributed by atoms with Gasteiger partial charge >= 0.3 is 0 Å². The van der Waals surface area contributed by atoms with E-state index in [0.717, 1.165) is 25.5 Å². The first-order valence-corrected chi connectivity index (χ1v) is 5.68. The molecule has 0 heterocycles. The SMILES string of the molecule is CCCCC#CCOS(C)(=O)=O. The van der Waals surface area contributed by atoms with Crippen molar-refractivity contribution in [3.63, 3.8) is 0 Å². The van der Waals surface area contributed by atoms with Gasteiger partial charge in [-0.15, -0.1) is 5.92 Å². The summed E-state index contributed by atoms with van der Waals surface area (Å²) >= 11 is 0. The highest BCUT2D eigenvalue weighted by atomic mass is 32.2. The summed E-state index contributed by atoms with van der Waals surface area (Å²) in [6.45, 7) is 2.05. The average molecular weight is 190 g/mol. The molecule has 0 aliphatic carbocycles. The Morgan fingerprint density at radius 3 is 2.50 bits per heavy atom. The smallest absolute Gasteiger partial charge is 0.257 e. The van der Waals surface area contributed by atoms with Gasteiger partial charge in [0.1, 0.15) is 6.61 Å². The van der Waals surface area contributed by atoms with Crippen LogP contribution in [0.3, 0.4) is 0 Å². The molecule has 0 aromatic rings. The fraction of sp³-hybridized carbons (Fsp3) is 0.750. The van der Waals surface area contributed by atoms with Crippen molar-refractivity contribution in [2.24, 2.45) is 0 Å². The van der Waals surface area contributed by atoms with E-state index in [0.29, 0.717) is 0 Å². The second-order valence-electron chi connectivity index (χ2n) is 2.42. The molecule has 0 saturated heterocycles. The van der Waals surface area contributed by atoms with Gasteiger partial charge in [-0.05, 0) is 6.42 Å². The van der Waals surface area contributed by atoms with Gasteiger partial charge in [0, 0.05) is 6.42 Å². The van der Waals surface area contributed by atoms with E-state index in [1.54, 1.807) is 0 Å². The third-order valence-corrected chi connectivity index (χ3v) is 1.67. The Labute approximate surface area is 74.2 Å². The molecule has 0 rings (SSSR count). The van der Waals surface area contributed by atoms with Gasteiger partial charge in [-0.2, -0.15) is 8.42 Å². The molecular weight excluding hydrogens is 176 g/mol. The third kappa shape index (κ3) is 9.47. The Kier molecular flexibility index (Phi) is 5.77. The molecule has 3 nitrogen and oxygen atoms in total. The number of unbranched alkanes of at least 4 members (excludes halogenated alkanes) is 2. The van der Waals surface area contributed by atoms with Crippen LogP contribution in [0.4, 0.5) is 0 Å². The Morgan fingerprint density at radius 2 is 2.00 bits per heavy atom. The highest BCUT2D eigenvalue weighted by molar-refractivity contribution is 7.85.